The summed E-state index contributed by atoms with van der Waals surface area (Å²) in [4.78, 5) is 0. The Morgan fingerprint density at radius 3 is 2.94 bits per heavy atom. The lowest BCUT2D eigenvalue weighted by molar-refractivity contribution is -0.155. The van der Waals surface area contributed by atoms with Crippen molar-refractivity contribution in [1.82, 2.24) is 0 Å². The molecular weight excluding hydrogens is 331 g/mol. The molecule has 2 saturated heterocycles. The molecule has 0 aliphatic carbocycles. The predicted molar refractivity (Wildman–Crippen MR) is 75.5 cm³/mol. The van der Waals surface area contributed by atoms with Crippen LogP contribution in [0.25, 0.3) is 0 Å². The fourth-order valence-electron chi connectivity index (χ4n) is 2.04. The summed E-state index contributed by atoms with van der Waals surface area (Å²) in [6, 6.07) is 0. The van der Waals surface area contributed by atoms with Gasteiger partial charge in [-0.2, -0.15) is 0 Å². The summed E-state index contributed by atoms with van der Waals surface area (Å²) in [7, 11) is 0. The maximum atomic E-state index is 5.67. The highest BCUT2D eigenvalue weighted by molar-refractivity contribution is 14.1. The van der Waals surface area contributed by atoms with Gasteiger partial charge in [-0.3, -0.25) is 0 Å². The average Bonchev–Trinajstić information content (AvgIpc) is 3.09. The van der Waals surface area contributed by atoms with Crippen molar-refractivity contribution in [2.24, 2.45) is 0 Å². The number of halogens is 1. The third-order valence-corrected chi connectivity index (χ3v) is 4.08. The van der Waals surface area contributed by atoms with Gasteiger partial charge in [0.1, 0.15) is 0 Å². The van der Waals surface area contributed by atoms with Gasteiger partial charge < -0.3 is 14.2 Å². The monoisotopic (exact) mass is 352 g/mol. The van der Waals surface area contributed by atoms with Gasteiger partial charge in [0.15, 0.2) is 6.29 Å². The lowest BCUT2D eigenvalue weighted by atomic mass is 10.1. The molecule has 0 amide bonds. The van der Waals surface area contributed by atoms with E-state index in [-0.39, 0.29) is 6.29 Å². The molecule has 98 valence electrons. The van der Waals surface area contributed by atoms with Crippen LogP contribution >= 0.6 is 22.6 Å². The van der Waals surface area contributed by atoms with Gasteiger partial charge in [-0.15, -0.1) is 0 Å². The number of alkyl halides is 1. The van der Waals surface area contributed by atoms with Crippen LogP contribution in [0.3, 0.4) is 0 Å². The second-order valence-electron chi connectivity index (χ2n) is 4.75. The van der Waals surface area contributed by atoms with Crippen LogP contribution in [-0.4, -0.2) is 36.1 Å². The number of rotatable bonds is 6. The zero-order valence-electron chi connectivity index (χ0n) is 10.4. The molecule has 3 atom stereocenters. The van der Waals surface area contributed by atoms with E-state index >= 15 is 0 Å². The van der Waals surface area contributed by atoms with Crippen molar-refractivity contribution in [3.63, 3.8) is 0 Å². The summed E-state index contributed by atoms with van der Waals surface area (Å²) < 4.78 is 17.8. The lowest BCUT2D eigenvalue weighted by Gasteiger charge is -2.22. The summed E-state index contributed by atoms with van der Waals surface area (Å²) in [6.07, 6.45) is 7.59. The predicted octanol–water partition coefficient (Wildman–Crippen LogP) is 3.07. The second kappa shape index (κ2) is 7.07. The van der Waals surface area contributed by atoms with E-state index in [1.165, 1.54) is 18.4 Å². The zero-order valence-corrected chi connectivity index (χ0v) is 12.5. The van der Waals surface area contributed by atoms with Gasteiger partial charge in [-0.25, -0.2) is 0 Å². The van der Waals surface area contributed by atoms with Crippen molar-refractivity contribution in [2.75, 3.05) is 17.6 Å². The minimum absolute atomic E-state index is 0.0204. The first kappa shape index (κ1) is 13.8. The van der Waals surface area contributed by atoms with Crippen LogP contribution in [0, 0.1) is 0 Å². The minimum Gasteiger partial charge on any atom is -0.368 e. The molecule has 2 aliphatic heterocycles. The molecule has 2 heterocycles. The standard InChI is InChI=1S/C13H21IO3/c1-10(8-11-12(9-14)17-11)5-7-16-13-4-2-3-6-15-13/h5,11-13H,2-4,6-9H2,1H3/b10-5+. The number of hydrogen-bond donors (Lipinski definition) is 0. The molecule has 0 radical (unpaired) electrons. The minimum atomic E-state index is 0.0204. The molecule has 0 aromatic carbocycles. The molecule has 2 aliphatic rings. The molecule has 2 fully saturated rings. The Labute approximate surface area is 117 Å². The number of hydrogen-bond acceptors (Lipinski definition) is 3. The number of epoxide rings is 1. The molecule has 4 heteroatoms. The Balaban J connectivity index is 1.59. The summed E-state index contributed by atoms with van der Waals surface area (Å²) in [5.74, 6) is 0. The van der Waals surface area contributed by atoms with Crippen LogP contribution in [0.5, 0.6) is 0 Å². The first-order chi connectivity index (χ1) is 8.29. The lowest BCUT2D eigenvalue weighted by Crippen LogP contribution is -2.22. The van der Waals surface area contributed by atoms with E-state index in [2.05, 4.69) is 35.6 Å². The van der Waals surface area contributed by atoms with Crippen LogP contribution in [0.2, 0.25) is 0 Å². The highest BCUT2D eigenvalue weighted by Gasteiger charge is 2.37. The first-order valence-corrected chi connectivity index (χ1v) is 7.92. The van der Waals surface area contributed by atoms with Crippen molar-refractivity contribution in [2.45, 2.75) is 51.1 Å². The van der Waals surface area contributed by atoms with E-state index in [1.54, 1.807) is 0 Å². The molecule has 0 bridgehead atoms. The number of ether oxygens (including phenoxy) is 3. The Kier molecular flexibility index (Phi) is 5.72. The van der Waals surface area contributed by atoms with E-state index in [4.69, 9.17) is 14.2 Å². The Morgan fingerprint density at radius 2 is 2.29 bits per heavy atom. The molecule has 3 nitrogen and oxygen atoms in total. The van der Waals surface area contributed by atoms with Crippen LogP contribution in [-0.2, 0) is 14.2 Å². The molecule has 0 N–H and O–H groups in total. The van der Waals surface area contributed by atoms with Crippen molar-refractivity contribution < 1.29 is 14.2 Å². The Bertz CT molecular complexity index is 261. The maximum Gasteiger partial charge on any atom is 0.157 e. The van der Waals surface area contributed by atoms with Gasteiger partial charge >= 0.3 is 0 Å². The second-order valence-corrected chi connectivity index (χ2v) is 5.63. The SMILES string of the molecule is C/C(=C\COC1CCCCO1)CC1OC1CI. The quantitative estimate of drug-likeness (QED) is 0.319. The van der Waals surface area contributed by atoms with Gasteiger partial charge in [-0.1, -0.05) is 34.2 Å². The van der Waals surface area contributed by atoms with Gasteiger partial charge in [0.2, 0.25) is 0 Å². The molecule has 2 rings (SSSR count). The topological polar surface area (TPSA) is 31.0 Å². The molecule has 0 saturated carbocycles. The van der Waals surface area contributed by atoms with Crippen molar-refractivity contribution in [1.29, 1.82) is 0 Å². The van der Waals surface area contributed by atoms with Gasteiger partial charge in [0.25, 0.3) is 0 Å². The van der Waals surface area contributed by atoms with E-state index in [0.717, 1.165) is 23.9 Å². The smallest absolute Gasteiger partial charge is 0.157 e. The molecule has 0 spiro atoms. The Morgan fingerprint density at radius 1 is 1.41 bits per heavy atom. The highest BCUT2D eigenvalue weighted by Crippen LogP contribution is 2.29. The molecule has 0 aromatic rings. The summed E-state index contributed by atoms with van der Waals surface area (Å²) in [6.45, 7) is 3.66. The van der Waals surface area contributed by atoms with Gasteiger partial charge in [0.05, 0.1) is 18.8 Å². The summed E-state index contributed by atoms with van der Waals surface area (Å²) >= 11 is 2.37. The highest BCUT2D eigenvalue weighted by atomic mass is 127. The normalized spacial score (nSPS) is 33.8. The average molecular weight is 352 g/mol. The molecule has 3 unspecified atom stereocenters. The maximum absolute atomic E-state index is 5.67. The van der Waals surface area contributed by atoms with Crippen molar-refractivity contribution in [3.8, 4) is 0 Å². The van der Waals surface area contributed by atoms with E-state index in [1.807, 2.05) is 0 Å². The van der Waals surface area contributed by atoms with Crippen LogP contribution < -0.4 is 0 Å². The third-order valence-electron chi connectivity index (χ3n) is 3.21. The molecule has 0 aromatic heterocycles. The van der Waals surface area contributed by atoms with Crippen LogP contribution in [0.15, 0.2) is 11.6 Å². The largest absolute Gasteiger partial charge is 0.368 e. The van der Waals surface area contributed by atoms with Gasteiger partial charge in [-0.05, 0) is 32.6 Å². The molecule has 17 heavy (non-hydrogen) atoms. The Hall–Kier alpha value is 0.350. The fourth-order valence-corrected chi connectivity index (χ4v) is 2.81. The third kappa shape index (κ3) is 4.85. The van der Waals surface area contributed by atoms with E-state index in [0.29, 0.717) is 18.8 Å². The van der Waals surface area contributed by atoms with E-state index in [9.17, 15) is 0 Å². The molecular formula is C13H21IO3. The van der Waals surface area contributed by atoms with Gasteiger partial charge in [0, 0.05) is 11.0 Å². The van der Waals surface area contributed by atoms with Crippen LogP contribution in [0.1, 0.15) is 32.6 Å². The van der Waals surface area contributed by atoms with Crippen LogP contribution in [0.4, 0.5) is 0 Å². The fraction of sp³-hybridized carbons (Fsp3) is 0.846. The van der Waals surface area contributed by atoms with E-state index < -0.39 is 0 Å². The van der Waals surface area contributed by atoms with Crippen molar-refractivity contribution >= 4 is 22.6 Å². The summed E-state index contributed by atoms with van der Waals surface area (Å²) in [5, 5.41) is 0. The first-order valence-electron chi connectivity index (χ1n) is 6.40. The zero-order chi connectivity index (χ0) is 12.1. The van der Waals surface area contributed by atoms with Crippen molar-refractivity contribution in [3.05, 3.63) is 11.6 Å². The summed E-state index contributed by atoms with van der Waals surface area (Å²) in [5.41, 5.74) is 1.36.